The molecule has 0 aliphatic carbocycles. The summed E-state index contributed by atoms with van der Waals surface area (Å²) >= 11 is 0. The molecule has 0 saturated carbocycles. The van der Waals surface area contributed by atoms with Gasteiger partial charge >= 0.3 is 5.97 Å². The van der Waals surface area contributed by atoms with E-state index in [1.54, 1.807) is 24.3 Å². The Morgan fingerprint density at radius 2 is 2.24 bits per heavy atom. The zero-order chi connectivity index (χ0) is 12.5. The number of ether oxygens (including phenoxy) is 1. The number of aliphatic hydroxyl groups excluding tert-OH is 1. The summed E-state index contributed by atoms with van der Waals surface area (Å²) < 4.78 is 4.63. The van der Waals surface area contributed by atoms with Crippen LogP contribution in [0.25, 0.3) is 0 Å². The highest BCUT2D eigenvalue weighted by Gasteiger charge is 2.44. The molecule has 17 heavy (non-hydrogen) atoms. The van der Waals surface area contributed by atoms with Gasteiger partial charge in [0.05, 0.1) is 13.7 Å². The molecule has 0 aromatic heterocycles. The van der Waals surface area contributed by atoms with E-state index < -0.39 is 18.1 Å². The summed E-state index contributed by atoms with van der Waals surface area (Å²) in [6.45, 7) is -0.486. The first-order chi connectivity index (χ1) is 8.13. The summed E-state index contributed by atoms with van der Waals surface area (Å²) in [5.74, 6) is -1.01. The Kier molecular flexibility index (Phi) is 2.85. The Hall–Kier alpha value is -1.88. The smallest absolute Gasteiger partial charge is 0.334 e. The lowest BCUT2D eigenvalue weighted by atomic mass is 9.85. The molecule has 5 nitrogen and oxygen atoms in total. The fourth-order valence-corrected chi connectivity index (χ4v) is 2.03. The van der Waals surface area contributed by atoms with Gasteiger partial charge in [-0.25, -0.2) is 4.79 Å². The van der Waals surface area contributed by atoms with E-state index in [0.29, 0.717) is 5.56 Å². The van der Waals surface area contributed by atoms with Gasteiger partial charge in [-0.2, -0.15) is 0 Å². The van der Waals surface area contributed by atoms with Crippen LogP contribution < -0.4 is 5.32 Å². The van der Waals surface area contributed by atoms with Crippen molar-refractivity contribution in [2.75, 3.05) is 13.7 Å². The van der Waals surface area contributed by atoms with Gasteiger partial charge in [0, 0.05) is 12.0 Å². The quantitative estimate of drug-likeness (QED) is 0.700. The van der Waals surface area contributed by atoms with Crippen molar-refractivity contribution in [3.63, 3.8) is 0 Å². The number of esters is 1. The third kappa shape index (κ3) is 1.78. The number of amides is 1. The van der Waals surface area contributed by atoms with E-state index in [9.17, 15) is 14.7 Å². The van der Waals surface area contributed by atoms with Crippen molar-refractivity contribution >= 4 is 11.9 Å². The van der Waals surface area contributed by atoms with Gasteiger partial charge in [0.2, 0.25) is 0 Å². The molecule has 1 aromatic carbocycles. The Morgan fingerprint density at radius 3 is 2.88 bits per heavy atom. The molecule has 0 unspecified atom stereocenters. The molecular weight excluding hydrogens is 222 g/mol. The zero-order valence-electron chi connectivity index (χ0n) is 9.40. The van der Waals surface area contributed by atoms with E-state index in [4.69, 9.17) is 0 Å². The number of hydrogen-bond donors (Lipinski definition) is 2. The molecule has 1 heterocycles. The number of aliphatic hydroxyl groups is 1. The highest BCUT2D eigenvalue weighted by molar-refractivity contribution is 6.01. The average Bonchev–Trinajstić information content (AvgIpc) is 2.37. The monoisotopic (exact) mass is 235 g/mol. The van der Waals surface area contributed by atoms with E-state index in [0.717, 1.165) is 5.56 Å². The van der Waals surface area contributed by atoms with Crippen molar-refractivity contribution in [3.05, 3.63) is 35.4 Å². The summed E-state index contributed by atoms with van der Waals surface area (Å²) in [7, 11) is 1.23. The van der Waals surface area contributed by atoms with E-state index in [2.05, 4.69) is 10.1 Å². The predicted molar refractivity (Wildman–Crippen MR) is 59.4 cm³/mol. The third-order valence-corrected chi connectivity index (χ3v) is 2.95. The summed E-state index contributed by atoms with van der Waals surface area (Å²) in [6, 6.07) is 6.99. The van der Waals surface area contributed by atoms with Crippen LogP contribution in [0.2, 0.25) is 0 Å². The maximum absolute atomic E-state index is 11.9. The van der Waals surface area contributed by atoms with Crippen LogP contribution in [-0.4, -0.2) is 36.2 Å². The molecule has 0 fully saturated rings. The van der Waals surface area contributed by atoms with E-state index in [1.165, 1.54) is 7.11 Å². The molecule has 1 atom stereocenters. The first-order valence-electron chi connectivity index (χ1n) is 5.22. The van der Waals surface area contributed by atoms with Crippen LogP contribution in [-0.2, 0) is 16.0 Å². The molecule has 0 radical (unpaired) electrons. The number of methoxy groups -OCH3 is 1. The molecule has 1 amide bonds. The van der Waals surface area contributed by atoms with Crippen LogP contribution in [0.1, 0.15) is 15.9 Å². The highest BCUT2D eigenvalue weighted by atomic mass is 16.5. The van der Waals surface area contributed by atoms with Gasteiger partial charge < -0.3 is 15.2 Å². The molecule has 2 rings (SSSR count). The molecule has 1 aliphatic rings. The number of carbonyl (C=O) groups is 2. The minimum atomic E-state index is -1.36. The fourth-order valence-electron chi connectivity index (χ4n) is 2.03. The topological polar surface area (TPSA) is 75.6 Å². The minimum Gasteiger partial charge on any atom is -0.467 e. The minimum absolute atomic E-state index is 0.234. The number of hydrogen-bond acceptors (Lipinski definition) is 4. The van der Waals surface area contributed by atoms with Crippen molar-refractivity contribution in [3.8, 4) is 0 Å². The van der Waals surface area contributed by atoms with Crippen LogP contribution in [0.4, 0.5) is 0 Å². The summed E-state index contributed by atoms with van der Waals surface area (Å²) in [5, 5.41) is 11.9. The van der Waals surface area contributed by atoms with Crippen LogP contribution in [0.15, 0.2) is 24.3 Å². The van der Waals surface area contributed by atoms with Crippen molar-refractivity contribution in [1.82, 2.24) is 5.32 Å². The maximum Gasteiger partial charge on any atom is 0.334 e. The highest BCUT2D eigenvalue weighted by Crippen LogP contribution is 2.24. The molecular formula is C12H13NO4. The Balaban J connectivity index is 2.44. The number of carbonyl (C=O) groups excluding carboxylic acids is 2. The molecule has 5 heteroatoms. The zero-order valence-corrected chi connectivity index (χ0v) is 9.40. The standard InChI is InChI=1S/C12H13NO4/c1-17-11(16)12(7-14)6-8-4-2-3-5-9(8)10(15)13-12/h2-5,14H,6-7H2,1H3,(H,13,15)/t12-/m0/s1. The first kappa shape index (κ1) is 11.6. The number of fused-ring (bicyclic) bond motifs is 1. The van der Waals surface area contributed by atoms with Crippen molar-refractivity contribution < 1.29 is 19.4 Å². The lowest BCUT2D eigenvalue weighted by molar-refractivity contribution is -0.150. The van der Waals surface area contributed by atoms with Gasteiger partial charge in [0.25, 0.3) is 5.91 Å². The summed E-state index contributed by atoms with van der Waals surface area (Å²) in [4.78, 5) is 23.5. The van der Waals surface area contributed by atoms with Gasteiger partial charge in [-0.1, -0.05) is 18.2 Å². The van der Waals surface area contributed by atoms with E-state index >= 15 is 0 Å². The molecule has 1 aromatic rings. The number of benzene rings is 1. The second-order valence-corrected chi connectivity index (χ2v) is 4.02. The fraction of sp³-hybridized carbons (Fsp3) is 0.333. The Morgan fingerprint density at radius 1 is 1.53 bits per heavy atom. The molecule has 0 saturated heterocycles. The molecule has 1 aliphatic heterocycles. The third-order valence-electron chi connectivity index (χ3n) is 2.95. The SMILES string of the molecule is COC(=O)[C@@]1(CO)Cc2ccccc2C(=O)N1. The van der Waals surface area contributed by atoms with Gasteiger partial charge in [-0.15, -0.1) is 0 Å². The lowest BCUT2D eigenvalue weighted by Crippen LogP contribution is -2.61. The molecule has 2 N–H and O–H groups in total. The summed E-state index contributed by atoms with van der Waals surface area (Å²) in [5.41, 5.74) is -0.101. The number of rotatable bonds is 2. The molecule has 90 valence electrons. The van der Waals surface area contributed by atoms with Gasteiger partial charge in [0.15, 0.2) is 5.54 Å². The maximum atomic E-state index is 11.9. The first-order valence-corrected chi connectivity index (χ1v) is 5.22. The molecule has 0 spiro atoms. The van der Waals surface area contributed by atoms with Crippen molar-refractivity contribution in [2.24, 2.45) is 0 Å². The van der Waals surface area contributed by atoms with Crippen LogP contribution in [0.5, 0.6) is 0 Å². The summed E-state index contributed by atoms with van der Waals surface area (Å²) in [6.07, 6.45) is 0.234. The lowest BCUT2D eigenvalue weighted by Gasteiger charge is -2.34. The van der Waals surface area contributed by atoms with Gasteiger partial charge in [0.1, 0.15) is 0 Å². The van der Waals surface area contributed by atoms with E-state index in [1.807, 2.05) is 0 Å². The van der Waals surface area contributed by atoms with Gasteiger partial charge in [-0.3, -0.25) is 4.79 Å². The number of nitrogens with one attached hydrogen (secondary N) is 1. The van der Waals surface area contributed by atoms with E-state index in [-0.39, 0.29) is 12.3 Å². The normalized spacial score (nSPS) is 22.6. The Labute approximate surface area is 98.4 Å². The van der Waals surface area contributed by atoms with Crippen LogP contribution >= 0.6 is 0 Å². The molecule has 0 bridgehead atoms. The van der Waals surface area contributed by atoms with Crippen molar-refractivity contribution in [2.45, 2.75) is 12.0 Å². The van der Waals surface area contributed by atoms with Crippen LogP contribution in [0, 0.1) is 0 Å². The predicted octanol–water partition coefficient (Wildman–Crippen LogP) is -0.123. The second kappa shape index (κ2) is 4.18. The van der Waals surface area contributed by atoms with Crippen LogP contribution in [0.3, 0.4) is 0 Å². The van der Waals surface area contributed by atoms with Gasteiger partial charge in [-0.05, 0) is 11.6 Å². The van der Waals surface area contributed by atoms with Crippen molar-refractivity contribution in [1.29, 1.82) is 0 Å². The second-order valence-electron chi connectivity index (χ2n) is 4.02. The largest absolute Gasteiger partial charge is 0.467 e. The average molecular weight is 235 g/mol. The Bertz CT molecular complexity index is 471.